The van der Waals surface area contributed by atoms with Gasteiger partial charge in [-0.2, -0.15) is 0 Å². The third kappa shape index (κ3) is 3.75. The van der Waals surface area contributed by atoms with Gasteiger partial charge in [0.05, 0.1) is 0 Å². The summed E-state index contributed by atoms with van der Waals surface area (Å²) >= 11 is 0. The molecule has 3 nitrogen and oxygen atoms in total. The fourth-order valence-electron chi connectivity index (χ4n) is 6.46. The second kappa shape index (κ2) is 9.37. The number of rotatable bonds is 4. The fourth-order valence-corrected chi connectivity index (χ4v) is 6.46. The summed E-state index contributed by atoms with van der Waals surface area (Å²) in [7, 11) is 0. The monoisotopic (exact) mass is 551 g/mol. The smallest absolute Gasteiger partial charge is 0.143 e. The van der Waals surface area contributed by atoms with Crippen molar-refractivity contribution < 1.29 is 8.83 Å². The van der Waals surface area contributed by atoms with Gasteiger partial charge in [0.2, 0.25) is 0 Å². The summed E-state index contributed by atoms with van der Waals surface area (Å²) in [6.45, 7) is 0. The third-order valence-corrected chi connectivity index (χ3v) is 8.42. The van der Waals surface area contributed by atoms with E-state index in [-0.39, 0.29) is 0 Å². The lowest BCUT2D eigenvalue weighted by atomic mass is 9.96. The van der Waals surface area contributed by atoms with Crippen LogP contribution >= 0.6 is 0 Å². The van der Waals surface area contributed by atoms with Gasteiger partial charge >= 0.3 is 0 Å². The Morgan fingerprint density at radius 2 is 1.05 bits per heavy atom. The number of nitrogens with zero attached hydrogens (tertiary/aromatic N) is 1. The Kier molecular flexibility index (Phi) is 5.20. The Morgan fingerprint density at radius 1 is 0.395 bits per heavy atom. The molecule has 0 spiro atoms. The molecule has 0 saturated heterocycles. The summed E-state index contributed by atoms with van der Waals surface area (Å²) in [5, 5.41) is 6.84. The zero-order chi connectivity index (χ0) is 28.3. The van der Waals surface area contributed by atoms with E-state index in [4.69, 9.17) is 8.83 Å². The van der Waals surface area contributed by atoms with Crippen LogP contribution in [-0.4, -0.2) is 0 Å². The Labute approximate surface area is 247 Å². The van der Waals surface area contributed by atoms with Gasteiger partial charge in [0.25, 0.3) is 0 Å². The molecule has 202 valence electrons. The van der Waals surface area contributed by atoms with Crippen LogP contribution in [0.2, 0.25) is 0 Å². The largest absolute Gasteiger partial charge is 0.456 e. The first-order valence-electron chi connectivity index (χ1n) is 14.5. The first-order chi connectivity index (χ1) is 21.3. The van der Waals surface area contributed by atoms with Gasteiger partial charge in [-0.3, -0.25) is 0 Å². The topological polar surface area (TPSA) is 29.5 Å². The van der Waals surface area contributed by atoms with Crippen molar-refractivity contribution in [1.29, 1.82) is 0 Å². The van der Waals surface area contributed by atoms with E-state index < -0.39 is 0 Å². The quantitative estimate of drug-likeness (QED) is 0.218. The lowest BCUT2D eigenvalue weighted by Crippen LogP contribution is -2.09. The summed E-state index contributed by atoms with van der Waals surface area (Å²) < 4.78 is 12.9. The van der Waals surface area contributed by atoms with Gasteiger partial charge in [0.1, 0.15) is 22.3 Å². The van der Waals surface area contributed by atoms with Crippen LogP contribution in [0.5, 0.6) is 0 Å². The number of hydrogen-bond donors (Lipinski definition) is 0. The average Bonchev–Trinajstić information content (AvgIpc) is 3.64. The van der Waals surface area contributed by atoms with Crippen molar-refractivity contribution in [2.75, 3.05) is 4.90 Å². The number of benzene rings is 7. The highest BCUT2D eigenvalue weighted by atomic mass is 16.3. The molecular formula is C40H25NO2. The van der Waals surface area contributed by atoms with Crippen LogP contribution in [-0.2, 0) is 0 Å². The van der Waals surface area contributed by atoms with Crippen molar-refractivity contribution in [2.24, 2.45) is 0 Å². The maximum atomic E-state index is 6.65. The minimum absolute atomic E-state index is 0.868. The highest BCUT2D eigenvalue weighted by Gasteiger charge is 2.20. The van der Waals surface area contributed by atoms with Gasteiger partial charge < -0.3 is 13.7 Å². The molecule has 0 aliphatic carbocycles. The maximum Gasteiger partial charge on any atom is 0.143 e. The number of fused-ring (bicyclic) bond motifs is 8. The number of furan rings is 2. The highest BCUT2D eigenvalue weighted by Crippen LogP contribution is 2.44. The van der Waals surface area contributed by atoms with Gasteiger partial charge in [-0.1, -0.05) is 91.0 Å². The average molecular weight is 552 g/mol. The molecule has 9 aromatic rings. The van der Waals surface area contributed by atoms with Crippen molar-refractivity contribution in [3.8, 4) is 11.1 Å². The summed E-state index contributed by atoms with van der Waals surface area (Å²) in [5.41, 5.74) is 8.93. The second-order valence-electron chi connectivity index (χ2n) is 10.9. The van der Waals surface area contributed by atoms with E-state index in [9.17, 15) is 0 Å². The number of hydrogen-bond acceptors (Lipinski definition) is 3. The Morgan fingerprint density at radius 3 is 1.91 bits per heavy atom. The predicted octanol–water partition coefficient (Wildman–Crippen LogP) is 11.8. The summed E-state index contributed by atoms with van der Waals surface area (Å²) in [6.07, 6.45) is 0. The summed E-state index contributed by atoms with van der Waals surface area (Å²) in [6, 6.07) is 53.0. The Hall–Kier alpha value is -5.80. The molecule has 9 rings (SSSR count). The number of para-hydroxylation sites is 2. The molecule has 0 bridgehead atoms. The second-order valence-corrected chi connectivity index (χ2v) is 10.9. The molecule has 0 amide bonds. The molecule has 0 aliphatic heterocycles. The van der Waals surface area contributed by atoms with Crippen LogP contribution in [0.1, 0.15) is 0 Å². The van der Waals surface area contributed by atoms with Crippen molar-refractivity contribution >= 4 is 71.7 Å². The van der Waals surface area contributed by atoms with Crippen LogP contribution < -0.4 is 4.90 Å². The van der Waals surface area contributed by atoms with Crippen LogP contribution in [0.15, 0.2) is 160 Å². The predicted molar refractivity (Wildman–Crippen MR) is 179 cm³/mol. The highest BCUT2D eigenvalue weighted by molar-refractivity contribution is 6.23. The first kappa shape index (κ1) is 23.9. The van der Waals surface area contributed by atoms with E-state index in [1.807, 2.05) is 24.3 Å². The number of anilines is 3. The van der Waals surface area contributed by atoms with E-state index >= 15 is 0 Å². The van der Waals surface area contributed by atoms with Crippen LogP contribution in [0, 0.1) is 0 Å². The van der Waals surface area contributed by atoms with Gasteiger partial charge in [0, 0.05) is 50.2 Å². The maximum absolute atomic E-state index is 6.65. The van der Waals surface area contributed by atoms with E-state index in [0.717, 1.165) is 72.1 Å². The van der Waals surface area contributed by atoms with Gasteiger partial charge in [0.15, 0.2) is 0 Å². The van der Waals surface area contributed by atoms with Gasteiger partial charge in [-0.05, 0) is 70.9 Å². The van der Waals surface area contributed by atoms with E-state index in [1.165, 1.54) is 10.8 Å². The lowest BCUT2D eigenvalue weighted by molar-refractivity contribution is 0.669. The zero-order valence-electron chi connectivity index (χ0n) is 23.2. The van der Waals surface area contributed by atoms with Crippen LogP contribution in [0.3, 0.4) is 0 Å². The van der Waals surface area contributed by atoms with Crippen LogP contribution in [0.25, 0.3) is 65.8 Å². The third-order valence-electron chi connectivity index (χ3n) is 8.42. The molecule has 2 aromatic heterocycles. The SMILES string of the molecule is c1ccc(-c2cc3ccccc3c3c2oc2ccc(N(c4ccccc4)c4ccc5c(c4)oc4ccccc45)cc23)cc1. The summed E-state index contributed by atoms with van der Waals surface area (Å²) in [4.78, 5) is 2.29. The van der Waals surface area contributed by atoms with Gasteiger partial charge in [-0.15, -0.1) is 0 Å². The van der Waals surface area contributed by atoms with Crippen molar-refractivity contribution in [3.63, 3.8) is 0 Å². The standard InChI is InChI=1S/C40H25NO2/c1-3-11-26(12-4-1)34-23-27-13-7-8-16-31(27)39-35-24-29(20-22-37(35)43-40(34)39)41(28-14-5-2-6-15-28)30-19-21-33-32-17-9-10-18-36(32)42-38(33)25-30/h1-25H. The normalized spacial score (nSPS) is 11.7. The molecular weight excluding hydrogens is 526 g/mol. The minimum Gasteiger partial charge on any atom is -0.456 e. The first-order valence-corrected chi connectivity index (χ1v) is 14.5. The van der Waals surface area contributed by atoms with E-state index in [0.29, 0.717) is 0 Å². The fraction of sp³-hybridized carbons (Fsp3) is 0. The Balaban J connectivity index is 1.31. The van der Waals surface area contributed by atoms with Crippen molar-refractivity contribution in [2.45, 2.75) is 0 Å². The molecule has 0 aliphatic rings. The molecule has 43 heavy (non-hydrogen) atoms. The van der Waals surface area contributed by atoms with E-state index in [2.05, 4.69) is 132 Å². The minimum atomic E-state index is 0.868. The molecule has 2 heterocycles. The van der Waals surface area contributed by atoms with Crippen LogP contribution in [0.4, 0.5) is 17.1 Å². The molecule has 7 aromatic carbocycles. The molecule has 0 fully saturated rings. The van der Waals surface area contributed by atoms with Crippen molar-refractivity contribution in [3.05, 3.63) is 152 Å². The van der Waals surface area contributed by atoms with E-state index in [1.54, 1.807) is 0 Å². The zero-order valence-corrected chi connectivity index (χ0v) is 23.2. The summed E-state index contributed by atoms with van der Waals surface area (Å²) in [5.74, 6) is 0. The molecule has 0 N–H and O–H groups in total. The Bertz CT molecular complexity index is 2450. The van der Waals surface area contributed by atoms with Gasteiger partial charge in [-0.25, -0.2) is 0 Å². The molecule has 0 unspecified atom stereocenters. The molecule has 3 heteroatoms. The lowest BCUT2D eigenvalue weighted by Gasteiger charge is -2.25. The molecule has 0 radical (unpaired) electrons. The molecule has 0 atom stereocenters. The molecule has 0 saturated carbocycles. The van der Waals surface area contributed by atoms with Crippen molar-refractivity contribution in [1.82, 2.24) is 0 Å².